The number of aliphatic hydroxyl groups excluding tert-OH is 1. The molecular formula is C18H23N6O15P3. The number of phosphoric acid groups is 3. The van der Waals surface area contributed by atoms with E-state index in [0.29, 0.717) is 5.56 Å². The van der Waals surface area contributed by atoms with Crippen LogP contribution >= 0.6 is 23.5 Å². The van der Waals surface area contributed by atoms with Gasteiger partial charge in [-0.05, 0) is 11.6 Å². The van der Waals surface area contributed by atoms with Crippen LogP contribution in [0.2, 0.25) is 0 Å². The third-order valence-electron chi connectivity index (χ3n) is 5.55. The van der Waals surface area contributed by atoms with Crippen LogP contribution in [-0.2, 0) is 42.9 Å². The lowest BCUT2D eigenvalue weighted by Crippen LogP contribution is -2.38. The largest absolute Gasteiger partial charge is 0.490 e. The van der Waals surface area contributed by atoms with E-state index in [9.17, 15) is 38.2 Å². The van der Waals surface area contributed by atoms with Gasteiger partial charge in [-0.3, -0.25) is 18.9 Å². The van der Waals surface area contributed by atoms with Crippen LogP contribution in [0.5, 0.6) is 0 Å². The van der Waals surface area contributed by atoms with Crippen molar-refractivity contribution in [2.75, 3.05) is 12.3 Å². The highest BCUT2D eigenvalue weighted by molar-refractivity contribution is 7.66. The summed E-state index contributed by atoms with van der Waals surface area (Å²) in [7, 11) is -17.1. The quantitative estimate of drug-likeness (QED) is 0.0904. The van der Waals surface area contributed by atoms with Crippen LogP contribution in [0.3, 0.4) is 0 Å². The number of rotatable bonds is 11. The van der Waals surface area contributed by atoms with Crippen molar-refractivity contribution >= 4 is 46.5 Å². The molecule has 1 aromatic carbocycles. The number of nitrogens with two attached hydrogens (primary N) is 2. The summed E-state index contributed by atoms with van der Waals surface area (Å²) >= 11 is 0. The molecule has 3 heterocycles. The number of hydrogen-bond donors (Lipinski definition) is 8. The molecule has 2 aromatic heterocycles. The van der Waals surface area contributed by atoms with Gasteiger partial charge in [-0.15, -0.1) is 0 Å². The molecule has 230 valence electrons. The van der Waals surface area contributed by atoms with Crippen LogP contribution in [0.4, 0.5) is 5.95 Å². The van der Waals surface area contributed by atoms with Crippen LogP contribution in [0.15, 0.2) is 35.4 Å². The van der Waals surface area contributed by atoms with Gasteiger partial charge in [0.2, 0.25) is 5.95 Å². The van der Waals surface area contributed by atoms with Crippen molar-refractivity contribution in [2.45, 2.75) is 31.1 Å². The third kappa shape index (κ3) is 7.36. The molecule has 1 saturated heterocycles. The minimum Gasteiger partial charge on any atom is -0.453 e. The Hall–Kier alpha value is -2.87. The number of carbonyl (C=O) groups is 1. The van der Waals surface area contributed by atoms with Crippen molar-refractivity contribution in [3.8, 4) is 0 Å². The van der Waals surface area contributed by atoms with Gasteiger partial charge in [-0.25, -0.2) is 23.5 Å². The highest BCUT2D eigenvalue weighted by atomic mass is 31.3. The van der Waals surface area contributed by atoms with Gasteiger partial charge >= 0.3 is 29.4 Å². The standard InChI is InChI=1S/C18H23N6O15P3/c19-5-8-3-1-2-4-9(8)17(27)37-13-10(6-35-41(31,32)39-42(33,34)38-40(28,29)30)36-16(12(13)25)24-7-21-11-14(24)22-18(20)23-15(11)26/h1-4,7,10,12-13,16,25H,5-6,19H2,(H,31,32)(H,33,34)(H2,28,29,30)(H3,20,22,23,26)/t10-,12-,13-,16-/m1/s1. The lowest BCUT2D eigenvalue weighted by Gasteiger charge is -2.22. The number of aromatic nitrogens is 4. The van der Waals surface area contributed by atoms with E-state index in [4.69, 9.17) is 30.7 Å². The predicted octanol–water partition coefficient (Wildman–Crippen LogP) is -1.01. The number of aromatic amines is 1. The van der Waals surface area contributed by atoms with E-state index in [0.717, 1.165) is 10.9 Å². The predicted molar refractivity (Wildman–Crippen MR) is 136 cm³/mol. The van der Waals surface area contributed by atoms with Gasteiger partial charge in [-0.2, -0.15) is 13.6 Å². The van der Waals surface area contributed by atoms with Crippen LogP contribution in [-0.4, -0.2) is 75.1 Å². The van der Waals surface area contributed by atoms with Crippen molar-refractivity contribution in [3.63, 3.8) is 0 Å². The highest BCUT2D eigenvalue weighted by Gasteiger charge is 2.50. The van der Waals surface area contributed by atoms with Gasteiger partial charge in [0.15, 0.2) is 23.5 Å². The minimum atomic E-state index is -5.84. The number of imidazole rings is 1. The molecule has 0 amide bonds. The maximum Gasteiger partial charge on any atom is 0.490 e. The van der Waals surface area contributed by atoms with E-state index >= 15 is 0 Å². The first-order chi connectivity index (χ1) is 19.5. The van der Waals surface area contributed by atoms with Crippen molar-refractivity contribution in [1.82, 2.24) is 19.5 Å². The number of nitrogens with zero attached hydrogens (tertiary/aromatic N) is 3. The summed E-state index contributed by atoms with van der Waals surface area (Å²) in [5, 5.41) is 11.1. The number of esters is 1. The average Bonchev–Trinajstić information content (AvgIpc) is 3.41. The molecule has 1 aliphatic heterocycles. The van der Waals surface area contributed by atoms with Gasteiger partial charge in [0.25, 0.3) is 5.56 Å². The Labute approximate surface area is 233 Å². The molecule has 1 fully saturated rings. The first kappa shape index (κ1) is 32.1. The molecule has 42 heavy (non-hydrogen) atoms. The third-order valence-corrected chi connectivity index (χ3v) is 9.36. The lowest BCUT2D eigenvalue weighted by atomic mass is 10.1. The fourth-order valence-electron chi connectivity index (χ4n) is 3.91. The molecule has 21 nitrogen and oxygen atoms in total. The fourth-order valence-corrected chi connectivity index (χ4v) is 6.94. The van der Waals surface area contributed by atoms with Gasteiger partial charge in [0, 0.05) is 6.54 Å². The second-order valence-electron chi connectivity index (χ2n) is 8.45. The number of aliphatic hydroxyl groups is 1. The lowest BCUT2D eigenvalue weighted by molar-refractivity contribution is -0.0520. The summed E-state index contributed by atoms with van der Waals surface area (Å²) in [6.45, 7) is -1.15. The van der Waals surface area contributed by atoms with E-state index in [1.165, 1.54) is 12.1 Å². The normalized spacial score (nSPS) is 23.9. The molecule has 2 unspecified atom stereocenters. The van der Waals surface area contributed by atoms with Crippen molar-refractivity contribution < 1.29 is 65.8 Å². The van der Waals surface area contributed by atoms with Crippen molar-refractivity contribution in [2.24, 2.45) is 5.73 Å². The molecule has 24 heteroatoms. The molecule has 0 aliphatic carbocycles. The van der Waals surface area contributed by atoms with Crippen molar-refractivity contribution in [3.05, 3.63) is 52.1 Å². The Kier molecular flexibility index (Phi) is 9.17. The topological polar surface area (TPSA) is 331 Å². The molecule has 0 saturated carbocycles. The van der Waals surface area contributed by atoms with Crippen molar-refractivity contribution in [1.29, 1.82) is 0 Å². The summed E-state index contributed by atoms with van der Waals surface area (Å²) in [5.74, 6) is -1.31. The highest BCUT2D eigenvalue weighted by Crippen LogP contribution is 2.66. The summed E-state index contributed by atoms with van der Waals surface area (Å²) < 4.78 is 59.0. The van der Waals surface area contributed by atoms with Gasteiger partial charge < -0.3 is 45.6 Å². The fraction of sp³-hybridized carbons (Fsp3) is 0.333. The van der Waals surface area contributed by atoms with E-state index in [1.807, 2.05) is 0 Å². The second kappa shape index (κ2) is 12.0. The van der Waals surface area contributed by atoms with Gasteiger partial charge in [-0.1, -0.05) is 18.2 Å². The first-order valence-electron chi connectivity index (χ1n) is 11.3. The number of phosphoric ester groups is 1. The number of carbonyl (C=O) groups excluding carboxylic acids is 1. The molecule has 10 N–H and O–H groups in total. The monoisotopic (exact) mass is 656 g/mol. The summed E-state index contributed by atoms with van der Waals surface area (Å²) in [6, 6.07) is 6.05. The second-order valence-corrected chi connectivity index (χ2v) is 12.9. The minimum absolute atomic E-state index is 0.0105. The number of nitrogen functional groups attached to an aromatic ring is 1. The number of ether oxygens (including phenoxy) is 2. The Morgan fingerprint density at radius 3 is 2.48 bits per heavy atom. The Bertz CT molecular complexity index is 1690. The first-order valence-corrected chi connectivity index (χ1v) is 15.9. The zero-order chi connectivity index (χ0) is 31.0. The van der Waals surface area contributed by atoms with E-state index in [1.54, 1.807) is 12.1 Å². The smallest absolute Gasteiger partial charge is 0.453 e. The van der Waals surface area contributed by atoms with Gasteiger partial charge in [0.05, 0.1) is 18.5 Å². The maximum absolute atomic E-state index is 13.0. The molecule has 6 atom stereocenters. The molecule has 0 bridgehead atoms. The molecule has 0 radical (unpaired) electrons. The van der Waals surface area contributed by atoms with E-state index in [-0.39, 0.29) is 29.2 Å². The Morgan fingerprint density at radius 1 is 1.12 bits per heavy atom. The zero-order valence-corrected chi connectivity index (χ0v) is 23.5. The SMILES string of the molecule is NCc1ccccc1C(=O)O[C@H]1[C@@H](O)[C@H](n2cnc3c(=O)[nH]c(N)nc32)O[C@@H]1COP(=O)(O)OP(=O)(O)OP(=O)(O)O. The number of anilines is 1. The number of fused-ring (bicyclic) bond motifs is 1. The summed E-state index contributed by atoms with van der Waals surface area (Å²) in [4.78, 5) is 71.9. The van der Waals surface area contributed by atoms with E-state index in [2.05, 4.69) is 28.1 Å². The molecule has 1 aliphatic rings. The molecular weight excluding hydrogens is 633 g/mol. The molecule has 0 spiro atoms. The number of H-pyrrole nitrogens is 1. The number of nitrogens with one attached hydrogen (secondary N) is 1. The van der Waals surface area contributed by atoms with Crippen LogP contribution in [0.25, 0.3) is 11.2 Å². The molecule has 4 rings (SSSR count). The van der Waals surface area contributed by atoms with Crippen LogP contribution in [0, 0.1) is 0 Å². The Balaban J connectivity index is 1.63. The molecule has 3 aromatic rings. The number of benzene rings is 1. The maximum atomic E-state index is 13.0. The van der Waals surface area contributed by atoms with Crippen LogP contribution in [0.1, 0.15) is 22.1 Å². The average molecular weight is 656 g/mol. The van der Waals surface area contributed by atoms with Gasteiger partial charge in [0.1, 0.15) is 12.2 Å². The number of hydrogen-bond acceptors (Lipinski definition) is 15. The zero-order valence-electron chi connectivity index (χ0n) is 20.8. The Morgan fingerprint density at radius 2 is 1.81 bits per heavy atom. The van der Waals surface area contributed by atoms with E-state index < -0.39 is 66.1 Å². The van der Waals surface area contributed by atoms with Crippen LogP contribution < -0.4 is 17.0 Å². The summed E-state index contributed by atoms with van der Waals surface area (Å²) in [6.07, 6.45) is -5.57. The summed E-state index contributed by atoms with van der Waals surface area (Å²) in [5.41, 5.74) is 10.6.